The van der Waals surface area contributed by atoms with Gasteiger partial charge in [0.15, 0.2) is 0 Å². The number of rotatable bonds is 9. The lowest BCUT2D eigenvalue weighted by Crippen LogP contribution is -2.54. The van der Waals surface area contributed by atoms with Crippen molar-refractivity contribution in [1.82, 2.24) is 10.2 Å². The molecule has 0 aliphatic carbocycles. The summed E-state index contributed by atoms with van der Waals surface area (Å²) in [7, 11) is -4.13. The zero-order valence-electron chi connectivity index (χ0n) is 23.5. The number of nitrogens with zero attached hydrogens (tertiary/aromatic N) is 2. The maximum absolute atomic E-state index is 14.0. The molecule has 2 amide bonds. The fourth-order valence-electron chi connectivity index (χ4n) is 4.04. The van der Waals surface area contributed by atoms with Gasteiger partial charge in [0.25, 0.3) is 10.0 Å². The van der Waals surface area contributed by atoms with Gasteiger partial charge >= 0.3 is 0 Å². The van der Waals surface area contributed by atoms with Crippen LogP contribution in [0.4, 0.5) is 5.69 Å². The van der Waals surface area contributed by atoms with Crippen molar-refractivity contribution in [2.45, 2.75) is 64.6 Å². The van der Waals surface area contributed by atoms with Gasteiger partial charge in [0.1, 0.15) is 12.6 Å². The minimum absolute atomic E-state index is 0.0146. The highest BCUT2D eigenvalue weighted by atomic mass is 35.5. The van der Waals surface area contributed by atoms with Crippen molar-refractivity contribution in [3.63, 3.8) is 0 Å². The van der Waals surface area contributed by atoms with Gasteiger partial charge in [-0.15, -0.1) is 0 Å². The average molecular weight is 605 g/mol. The Morgan fingerprint density at radius 3 is 2.12 bits per heavy atom. The fourth-order valence-corrected chi connectivity index (χ4v) is 5.77. The van der Waals surface area contributed by atoms with Crippen LogP contribution < -0.4 is 9.62 Å². The molecule has 1 atom stereocenters. The van der Waals surface area contributed by atoms with E-state index in [2.05, 4.69) is 5.32 Å². The molecule has 0 radical (unpaired) electrons. The molecule has 0 aromatic heterocycles. The van der Waals surface area contributed by atoms with Crippen molar-refractivity contribution in [1.29, 1.82) is 0 Å². The number of halogens is 2. The molecule has 3 aromatic rings. The van der Waals surface area contributed by atoms with Crippen LogP contribution in [-0.4, -0.2) is 43.3 Å². The summed E-state index contributed by atoms with van der Waals surface area (Å²) in [4.78, 5) is 28.6. The molecule has 0 aliphatic rings. The molecule has 0 unspecified atom stereocenters. The molecule has 214 valence electrons. The SMILES string of the molecule is Cc1ccc(S(=O)(=O)N(CC(=O)N(Cc2ccc(Cl)c(Cl)c2)[C@H](C)C(=O)NC(C)(C)C)c2cccc(C)c2)cc1. The zero-order valence-corrected chi connectivity index (χ0v) is 25.9. The second kappa shape index (κ2) is 12.6. The number of carbonyl (C=O) groups is 2. The highest BCUT2D eigenvalue weighted by Crippen LogP contribution is 2.27. The summed E-state index contributed by atoms with van der Waals surface area (Å²) < 4.78 is 28.9. The smallest absolute Gasteiger partial charge is 0.264 e. The van der Waals surface area contributed by atoms with Crippen molar-refractivity contribution >= 4 is 50.7 Å². The first-order chi connectivity index (χ1) is 18.6. The minimum Gasteiger partial charge on any atom is -0.350 e. The Morgan fingerprint density at radius 1 is 0.900 bits per heavy atom. The van der Waals surface area contributed by atoms with E-state index in [-0.39, 0.29) is 17.3 Å². The maximum Gasteiger partial charge on any atom is 0.264 e. The average Bonchev–Trinajstić information content (AvgIpc) is 2.86. The first kappa shape index (κ1) is 31.5. The number of hydrogen-bond donors (Lipinski definition) is 1. The Bertz CT molecular complexity index is 1490. The van der Waals surface area contributed by atoms with E-state index < -0.39 is 34.1 Å². The van der Waals surface area contributed by atoms with Crippen molar-refractivity contribution in [3.8, 4) is 0 Å². The topological polar surface area (TPSA) is 86.8 Å². The standard InChI is InChI=1S/C30H35Cl2N3O4S/c1-20-10-13-25(14-11-20)40(38,39)35(24-9-7-8-21(2)16-24)19-28(36)34(22(3)29(37)33-30(4,5)6)18-23-12-15-26(31)27(32)17-23/h7-17,22H,18-19H2,1-6H3,(H,33,37)/t22-/m1/s1. The van der Waals surface area contributed by atoms with E-state index in [1.165, 1.54) is 17.0 Å². The molecule has 3 rings (SSSR count). The van der Waals surface area contributed by atoms with Crippen LogP contribution in [0.5, 0.6) is 0 Å². The molecule has 3 aromatic carbocycles. The van der Waals surface area contributed by atoms with Crippen LogP contribution >= 0.6 is 23.2 Å². The van der Waals surface area contributed by atoms with Crippen molar-refractivity contribution in [3.05, 3.63) is 93.5 Å². The molecule has 0 aliphatic heterocycles. The van der Waals surface area contributed by atoms with Gasteiger partial charge in [-0.25, -0.2) is 8.42 Å². The molecule has 0 heterocycles. The molecule has 7 nitrogen and oxygen atoms in total. The van der Waals surface area contributed by atoms with Gasteiger partial charge < -0.3 is 10.2 Å². The predicted octanol–water partition coefficient (Wildman–Crippen LogP) is 6.14. The molecular weight excluding hydrogens is 569 g/mol. The van der Waals surface area contributed by atoms with Crippen molar-refractivity contribution < 1.29 is 18.0 Å². The summed E-state index contributed by atoms with van der Waals surface area (Å²) in [5.41, 5.74) is 2.19. The summed E-state index contributed by atoms with van der Waals surface area (Å²) >= 11 is 12.3. The van der Waals surface area contributed by atoms with Crippen LogP contribution in [0.25, 0.3) is 0 Å². The lowest BCUT2D eigenvalue weighted by molar-refractivity contribution is -0.140. The lowest BCUT2D eigenvalue weighted by Gasteiger charge is -2.33. The molecule has 0 fully saturated rings. The number of anilines is 1. The Labute approximate surface area is 247 Å². The molecule has 40 heavy (non-hydrogen) atoms. The normalized spacial score (nSPS) is 12.5. The van der Waals surface area contributed by atoms with Crippen LogP contribution in [-0.2, 0) is 26.2 Å². The van der Waals surface area contributed by atoms with Gasteiger partial charge in [0, 0.05) is 12.1 Å². The monoisotopic (exact) mass is 603 g/mol. The summed E-state index contributed by atoms with van der Waals surface area (Å²) in [5, 5.41) is 3.57. The number of amides is 2. The lowest BCUT2D eigenvalue weighted by atomic mass is 10.1. The first-order valence-corrected chi connectivity index (χ1v) is 15.0. The number of aryl methyl sites for hydroxylation is 2. The minimum atomic E-state index is -4.13. The van der Waals surface area contributed by atoms with E-state index in [1.807, 2.05) is 40.7 Å². The van der Waals surface area contributed by atoms with Gasteiger partial charge in [-0.1, -0.05) is 59.1 Å². The van der Waals surface area contributed by atoms with Gasteiger partial charge in [0.2, 0.25) is 11.8 Å². The van der Waals surface area contributed by atoms with E-state index in [0.717, 1.165) is 15.4 Å². The fraction of sp³-hybridized carbons (Fsp3) is 0.333. The Hall–Kier alpha value is -3.07. The number of benzene rings is 3. The quantitative estimate of drug-likeness (QED) is 0.318. The summed E-state index contributed by atoms with van der Waals surface area (Å²) in [6.07, 6.45) is 0. The third-order valence-corrected chi connectivity index (χ3v) is 8.71. The molecule has 0 saturated carbocycles. The van der Waals surface area contributed by atoms with Gasteiger partial charge in [-0.05, 0) is 89.1 Å². The van der Waals surface area contributed by atoms with Crippen molar-refractivity contribution in [2.75, 3.05) is 10.8 Å². The second-order valence-corrected chi connectivity index (χ2v) is 13.5. The van der Waals surface area contributed by atoms with Crippen LogP contribution in [0.15, 0.2) is 71.6 Å². The molecular formula is C30H35Cl2N3O4S. The Morgan fingerprint density at radius 2 is 1.55 bits per heavy atom. The molecule has 0 saturated heterocycles. The summed E-state index contributed by atoms with van der Waals surface area (Å²) in [5.74, 6) is -0.927. The van der Waals surface area contributed by atoms with Crippen molar-refractivity contribution in [2.24, 2.45) is 0 Å². The Kier molecular flexibility index (Phi) is 9.93. The van der Waals surface area contributed by atoms with E-state index in [0.29, 0.717) is 21.3 Å². The number of carbonyl (C=O) groups excluding carboxylic acids is 2. The number of sulfonamides is 1. The molecule has 0 bridgehead atoms. The summed E-state index contributed by atoms with van der Waals surface area (Å²) in [6, 6.07) is 17.4. The molecule has 10 heteroatoms. The highest BCUT2D eigenvalue weighted by Gasteiger charge is 2.33. The maximum atomic E-state index is 14.0. The van der Waals surface area contributed by atoms with E-state index in [4.69, 9.17) is 23.2 Å². The van der Waals surface area contributed by atoms with Crippen LogP contribution in [0.1, 0.15) is 44.4 Å². The third kappa shape index (κ3) is 7.99. The van der Waals surface area contributed by atoms with Gasteiger partial charge in [0.05, 0.1) is 20.6 Å². The zero-order chi connectivity index (χ0) is 29.8. The number of hydrogen-bond acceptors (Lipinski definition) is 4. The van der Waals surface area contributed by atoms with E-state index >= 15 is 0 Å². The second-order valence-electron chi connectivity index (χ2n) is 10.8. The van der Waals surface area contributed by atoms with Crippen LogP contribution in [0, 0.1) is 13.8 Å². The van der Waals surface area contributed by atoms with E-state index in [1.54, 1.807) is 55.5 Å². The summed E-state index contributed by atoms with van der Waals surface area (Å²) in [6.45, 7) is 10.3. The Balaban J connectivity index is 2.05. The van der Waals surface area contributed by atoms with Gasteiger partial charge in [-0.3, -0.25) is 13.9 Å². The molecule has 0 spiro atoms. The number of nitrogens with one attached hydrogen (secondary N) is 1. The van der Waals surface area contributed by atoms with Crippen LogP contribution in [0.3, 0.4) is 0 Å². The largest absolute Gasteiger partial charge is 0.350 e. The molecule has 1 N–H and O–H groups in total. The van der Waals surface area contributed by atoms with Crippen LogP contribution in [0.2, 0.25) is 10.0 Å². The first-order valence-electron chi connectivity index (χ1n) is 12.8. The highest BCUT2D eigenvalue weighted by molar-refractivity contribution is 7.92. The van der Waals surface area contributed by atoms with Gasteiger partial charge in [-0.2, -0.15) is 0 Å². The predicted molar refractivity (Wildman–Crippen MR) is 161 cm³/mol. The van der Waals surface area contributed by atoms with E-state index in [9.17, 15) is 18.0 Å². The third-order valence-electron chi connectivity index (χ3n) is 6.18.